The molecule has 0 aromatic carbocycles. The van der Waals surface area contributed by atoms with E-state index < -0.39 is 48.4 Å². The Hall–Kier alpha value is -0.880. The van der Waals surface area contributed by atoms with Crippen molar-refractivity contribution < 1.29 is 27.8 Å². The Morgan fingerprint density at radius 1 is 0.857 bits per heavy atom. The van der Waals surface area contributed by atoms with Crippen molar-refractivity contribution in [1.82, 2.24) is 0 Å². The average molecular weight is 212 g/mol. The maximum absolute atomic E-state index is 13.0. The van der Waals surface area contributed by atoms with E-state index in [0.29, 0.717) is 0 Å². The van der Waals surface area contributed by atoms with E-state index in [4.69, 9.17) is 10.2 Å². The third-order valence-corrected chi connectivity index (χ3v) is 2.02. The molecule has 0 heterocycles. The van der Waals surface area contributed by atoms with Crippen molar-refractivity contribution in [2.75, 3.05) is 13.2 Å². The number of alkyl halides is 2. The monoisotopic (exact) mass is 212 g/mol. The van der Waals surface area contributed by atoms with Gasteiger partial charge >= 0.3 is 0 Å². The zero-order chi connectivity index (χ0) is 10.9. The summed E-state index contributed by atoms with van der Waals surface area (Å²) in [7, 11) is 0. The first-order chi connectivity index (χ1) is 6.54. The van der Waals surface area contributed by atoms with Crippen LogP contribution < -0.4 is 0 Å². The van der Waals surface area contributed by atoms with Gasteiger partial charge in [0.1, 0.15) is 0 Å². The van der Waals surface area contributed by atoms with Gasteiger partial charge in [0, 0.05) is 11.1 Å². The lowest BCUT2D eigenvalue weighted by molar-refractivity contribution is 0.169. The van der Waals surface area contributed by atoms with Gasteiger partial charge in [-0.3, -0.25) is 0 Å². The fraction of sp³-hybridized carbons (Fsp3) is 0.500. The first-order valence-electron chi connectivity index (χ1n) is 3.81. The molecule has 0 radical (unpaired) electrons. The Morgan fingerprint density at radius 2 is 1.14 bits per heavy atom. The molecule has 0 amide bonds. The molecule has 0 aliphatic heterocycles. The summed E-state index contributed by atoms with van der Waals surface area (Å²) < 4.78 is 51.7. The van der Waals surface area contributed by atoms with Gasteiger partial charge in [-0.15, -0.1) is 0 Å². The highest BCUT2D eigenvalue weighted by Crippen LogP contribution is 2.35. The second-order valence-corrected chi connectivity index (χ2v) is 2.80. The van der Waals surface area contributed by atoms with Crippen molar-refractivity contribution in [3.05, 3.63) is 22.8 Å². The van der Waals surface area contributed by atoms with E-state index >= 15 is 0 Å². The maximum atomic E-state index is 13.0. The van der Waals surface area contributed by atoms with Crippen molar-refractivity contribution in [1.29, 1.82) is 0 Å². The van der Waals surface area contributed by atoms with Crippen LogP contribution in [0.2, 0.25) is 0 Å². The molecule has 1 rings (SSSR count). The number of aliphatic hydroxyl groups is 2. The number of hydrogen-bond acceptors (Lipinski definition) is 2. The van der Waals surface area contributed by atoms with Gasteiger partial charge in [-0.25, -0.2) is 17.6 Å². The smallest absolute Gasteiger partial charge is 0.163 e. The van der Waals surface area contributed by atoms with Crippen LogP contribution in [-0.2, 0) is 0 Å². The highest BCUT2D eigenvalue weighted by Gasteiger charge is 2.38. The summed E-state index contributed by atoms with van der Waals surface area (Å²) in [6.45, 7) is -2.20. The molecule has 2 nitrogen and oxygen atoms in total. The van der Waals surface area contributed by atoms with Gasteiger partial charge in [-0.05, 0) is 0 Å². The average Bonchev–Trinajstić information content (AvgIpc) is 2.17. The summed E-state index contributed by atoms with van der Waals surface area (Å²) in [6.07, 6.45) is -4.89. The molecule has 1 aliphatic carbocycles. The summed E-state index contributed by atoms with van der Waals surface area (Å²) in [5.74, 6) is -3.25. The predicted molar refractivity (Wildman–Crippen MR) is 40.2 cm³/mol. The third kappa shape index (κ3) is 1.55. The minimum Gasteiger partial charge on any atom is -0.392 e. The first-order valence-corrected chi connectivity index (χ1v) is 3.81. The van der Waals surface area contributed by atoms with E-state index in [2.05, 4.69) is 0 Å². The molecule has 2 atom stereocenters. The minimum atomic E-state index is -2.44. The minimum absolute atomic E-state index is 0.966. The Kier molecular flexibility index (Phi) is 3.28. The van der Waals surface area contributed by atoms with Gasteiger partial charge in [-0.1, -0.05) is 0 Å². The number of hydrogen-bond donors (Lipinski definition) is 2. The van der Waals surface area contributed by atoms with Crippen molar-refractivity contribution >= 4 is 0 Å². The molecule has 0 spiro atoms. The Morgan fingerprint density at radius 3 is 1.36 bits per heavy atom. The fourth-order valence-electron chi connectivity index (χ4n) is 1.19. The van der Waals surface area contributed by atoms with Crippen LogP contribution in [0.25, 0.3) is 0 Å². The second-order valence-electron chi connectivity index (χ2n) is 2.80. The summed E-state index contributed by atoms with van der Waals surface area (Å²) in [5.41, 5.74) is -1.93. The molecular weight excluding hydrogens is 204 g/mol. The second kappa shape index (κ2) is 4.10. The summed E-state index contributed by atoms with van der Waals surface area (Å²) >= 11 is 0. The van der Waals surface area contributed by atoms with E-state index in [9.17, 15) is 17.6 Å². The zero-order valence-corrected chi connectivity index (χ0v) is 6.98. The van der Waals surface area contributed by atoms with Crippen LogP contribution in [0.4, 0.5) is 17.6 Å². The molecule has 0 aromatic heterocycles. The lowest BCUT2D eigenvalue weighted by Crippen LogP contribution is -2.30. The Bertz CT molecular complexity index is 268. The van der Waals surface area contributed by atoms with E-state index in [1.807, 2.05) is 0 Å². The molecule has 0 fully saturated rings. The van der Waals surface area contributed by atoms with Crippen molar-refractivity contribution in [3.63, 3.8) is 0 Å². The molecule has 1 aliphatic rings. The van der Waals surface area contributed by atoms with Crippen molar-refractivity contribution in [3.8, 4) is 0 Å². The topological polar surface area (TPSA) is 40.5 Å². The molecule has 14 heavy (non-hydrogen) atoms. The number of rotatable bonds is 2. The lowest BCUT2D eigenvalue weighted by atomic mass is 9.94. The maximum Gasteiger partial charge on any atom is 0.163 e. The molecule has 2 unspecified atom stereocenters. The van der Waals surface area contributed by atoms with Crippen LogP contribution in [0.1, 0.15) is 0 Å². The number of halogens is 4. The molecule has 0 saturated carbocycles. The van der Waals surface area contributed by atoms with Gasteiger partial charge in [0.05, 0.1) is 13.2 Å². The third-order valence-electron chi connectivity index (χ3n) is 2.02. The lowest BCUT2D eigenvalue weighted by Gasteiger charge is -2.23. The predicted octanol–water partition coefficient (Wildman–Crippen LogP) is 1.11. The van der Waals surface area contributed by atoms with Crippen LogP contribution >= 0.6 is 0 Å². The van der Waals surface area contributed by atoms with Gasteiger partial charge in [0.2, 0.25) is 0 Å². The normalized spacial score (nSPS) is 28.7. The first kappa shape index (κ1) is 11.2. The summed E-state index contributed by atoms with van der Waals surface area (Å²) in [6, 6.07) is 0. The number of aliphatic hydroxyl groups excluding tert-OH is 2. The highest BCUT2D eigenvalue weighted by atomic mass is 19.2. The highest BCUT2D eigenvalue weighted by molar-refractivity contribution is 5.40. The van der Waals surface area contributed by atoms with Crippen LogP contribution in [0.5, 0.6) is 0 Å². The SMILES string of the molecule is OCC1=C(F)C(F)=C(CO)C(F)C1F. The summed E-state index contributed by atoms with van der Waals surface area (Å²) in [5, 5.41) is 16.9. The van der Waals surface area contributed by atoms with Crippen molar-refractivity contribution in [2.45, 2.75) is 12.3 Å². The fourth-order valence-corrected chi connectivity index (χ4v) is 1.19. The van der Waals surface area contributed by atoms with Crippen LogP contribution in [-0.4, -0.2) is 35.8 Å². The molecule has 0 bridgehead atoms. The quantitative estimate of drug-likeness (QED) is 0.673. The zero-order valence-electron chi connectivity index (χ0n) is 6.98. The van der Waals surface area contributed by atoms with E-state index in [-0.39, 0.29) is 0 Å². The van der Waals surface area contributed by atoms with E-state index in [1.54, 1.807) is 0 Å². The molecule has 6 heteroatoms. The van der Waals surface area contributed by atoms with E-state index in [0.717, 1.165) is 0 Å². The molecule has 2 N–H and O–H groups in total. The Labute approximate surface area is 77.2 Å². The number of allylic oxidation sites excluding steroid dienone is 2. The van der Waals surface area contributed by atoms with Crippen molar-refractivity contribution in [2.24, 2.45) is 0 Å². The van der Waals surface area contributed by atoms with Gasteiger partial charge in [0.15, 0.2) is 24.0 Å². The van der Waals surface area contributed by atoms with Gasteiger partial charge in [0.25, 0.3) is 0 Å². The van der Waals surface area contributed by atoms with E-state index in [1.165, 1.54) is 0 Å². The molecule has 0 saturated heterocycles. The summed E-state index contributed by atoms with van der Waals surface area (Å²) in [4.78, 5) is 0. The standard InChI is InChI=1S/C8H8F4O2/c9-5-3(1-13)6(10)8(12)4(2-14)7(5)11/h5,7,13-14H,1-2H2. The molecule has 80 valence electrons. The Balaban J connectivity index is 3.20. The van der Waals surface area contributed by atoms with Crippen LogP contribution in [0.15, 0.2) is 22.8 Å². The van der Waals surface area contributed by atoms with Crippen LogP contribution in [0.3, 0.4) is 0 Å². The molecular formula is C8H8F4O2. The van der Waals surface area contributed by atoms with Crippen LogP contribution in [0, 0.1) is 0 Å². The molecule has 0 aromatic rings. The van der Waals surface area contributed by atoms with Gasteiger partial charge in [-0.2, -0.15) is 0 Å². The largest absolute Gasteiger partial charge is 0.392 e. The van der Waals surface area contributed by atoms with Gasteiger partial charge < -0.3 is 10.2 Å².